The largest absolute Gasteiger partial charge is 0.504 e. The summed E-state index contributed by atoms with van der Waals surface area (Å²) in [4.78, 5) is 7.45. The lowest BCUT2D eigenvalue weighted by molar-refractivity contribution is 0.197. The van der Waals surface area contributed by atoms with E-state index < -0.39 is 0 Å². The molecule has 1 fully saturated rings. The van der Waals surface area contributed by atoms with Gasteiger partial charge in [0.2, 0.25) is 0 Å². The molecular weight excluding hydrogens is 344 g/mol. The maximum Gasteiger partial charge on any atom is 0.165 e. The first-order valence-corrected chi connectivity index (χ1v) is 10.4. The number of phenolic OH excluding ortho intramolecular Hbond substituents is 1. The van der Waals surface area contributed by atoms with Crippen molar-refractivity contribution >= 4 is 11.3 Å². The van der Waals surface area contributed by atoms with Crippen molar-refractivity contribution in [2.24, 2.45) is 0 Å². The first kappa shape index (κ1) is 17.8. The minimum absolute atomic E-state index is 0.265. The zero-order chi connectivity index (χ0) is 18.1. The van der Waals surface area contributed by atoms with E-state index in [0.29, 0.717) is 18.4 Å². The van der Waals surface area contributed by atoms with E-state index in [-0.39, 0.29) is 5.75 Å². The summed E-state index contributed by atoms with van der Waals surface area (Å²) in [5.74, 6) is 0.934. The Labute approximate surface area is 160 Å². The summed E-state index contributed by atoms with van der Waals surface area (Å²) < 4.78 is 5.90. The number of fused-ring (bicyclic) bond motifs is 1. The summed E-state index contributed by atoms with van der Waals surface area (Å²) in [6, 6.07) is 9.01. The molecule has 26 heavy (non-hydrogen) atoms. The summed E-state index contributed by atoms with van der Waals surface area (Å²) in [7, 11) is 2.24. The fourth-order valence-corrected chi connectivity index (χ4v) is 5.01. The van der Waals surface area contributed by atoms with Gasteiger partial charge in [-0.3, -0.25) is 4.90 Å². The highest BCUT2D eigenvalue weighted by Crippen LogP contribution is 2.39. The van der Waals surface area contributed by atoms with E-state index in [1.165, 1.54) is 35.6 Å². The second kappa shape index (κ2) is 7.59. The fraction of sp³-hybridized carbons (Fsp3) is 0.524. The second-order valence-electron chi connectivity index (χ2n) is 7.58. The predicted octanol–water partition coefficient (Wildman–Crippen LogP) is 4.11. The number of aryl methyl sites for hydroxylation is 1. The number of hydrogen-bond acceptors (Lipinski definition) is 5. The molecule has 5 heteroatoms. The van der Waals surface area contributed by atoms with Crippen LogP contribution in [0, 0.1) is 6.92 Å². The van der Waals surface area contributed by atoms with Gasteiger partial charge in [0.05, 0.1) is 0 Å². The number of nitrogens with zero attached hydrogens (tertiary/aromatic N) is 2. The highest BCUT2D eigenvalue weighted by Gasteiger charge is 2.24. The Morgan fingerprint density at radius 2 is 2.15 bits per heavy atom. The zero-order valence-corrected chi connectivity index (χ0v) is 16.5. The van der Waals surface area contributed by atoms with E-state index >= 15 is 0 Å². The van der Waals surface area contributed by atoms with Crippen molar-refractivity contribution in [2.75, 3.05) is 33.3 Å². The van der Waals surface area contributed by atoms with Crippen LogP contribution in [0.4, 0.5) is 0 Å². The summed E-state index contributed by atoms with van der Waals surface area (Å²) in [5, 5.41) is 10.5. The van der Waals surface area contributed by atoms with Gasteiger partial charge in [-0.1, -0.05) is 0 Å². The lowest BCUT2D eigenvalue weighted by atomic mass is 10.1. The molecule has 2 aromatic rings. The van der Waals surface area contributed by atoms with Crippen LogP contribution in [0.2, 0.25) is 0 Å². The van der Waals surface area contributed by atoms with Crippen LogP contribution in [-0.4, -0.2) is 54.2 Å². The van der Waals surface area contributed by atoms with Crippen LogP contribution in [0.1, 0.15) is 29.7 Å². The molecule has 3 heterocycles. The molecule has 1 unspecified atom stereocenters. The third kappa shape index (κ3) is 3.75. The third-order valence-corrected chi connectivity index (χ3v) is 6.72. The van der Waals surface area contributed by atoms with E-state index in [0.717, 1.165) is 30.8 Å². The summed E-state index contributed by atoms with van der Waals surface area (Å²) in [6.45, 7) is 6.82. The van der Waals surface area contributed by atoms with Gasteiger partial charge in [0.15, 0.2) is 11.5 Å². The molecule has 1 aromatic heterocycles. The number of thiophene rings is 1. The Morgan fingerprint density at radius 3 is 2.88 bits per heavy atom. The van der Waals surface area contributed by atoms with Gasteiger partial charge in [0, 0.05) is 41.0 Å². The number of aromatic hydroxyl groups is 1. The quantitative estimate of drug-likeness (QED) is 0.876. The summed E-state index contributed by atoms with van der Waals surface area (Å²) in [5.41, 5.74) is 2.18. The Bertz CT molecular complexity index is 773. The van der Waals surface area contributed by atoms with Gasteiger partial charge < -0.3 is 14.7 Å². The molecule has 0 bridgehead atoms. The molecule has 4 rings (SSSR count). The number of hydrogen-bond donors (Lipinski definition) is 1. The van der Waals surface area contributed by atoms with Gasteiger partial charge in [-0.25, -0.2) is 0 Å². The zero-order valence-electron chi connectivity index (χ0n) is 15.7. The van der Waals surface area contributed by atoms with Crippen molar-refractivity contribution in [3.63, 3.8) is 0 Å². The van der Waals surface area contributed by atoms with Crippen molar-refractivity contribution in [1.82, 2.24) is 9.80 Å². The molecule has 2 aliphatic heterocycles. The molecule has 1 N–H and O–H groups in total. The van der Waals surface area contributed by atoms with Crippen molar-refractivity contribution in [1.29, 1.82) is 0 Å². The number of phenols is 1. The number of benzene rings is 1. The highest BCUT2D eigenvalue weighted by atomic mass is 32.1. The molecule has 1 aromatic carbocycles. The van der Waals surface area contributed by atoms with Crippen LogP contribution in [0.3, 0.4) is 0 Å². The molecule has 1 saturated heterocycles. The fourth-order valence-electron chi connectivity index (χ4n) is 4.15. The minimum atomic E-state index is 0.265. The molecule has 0 saturated carbocycles. The maximum atomic E-state index is 10.5. The SMILES string of the molecule is Cc1ccc(-c2cc(O)c3c(c2)CN(CCC2CCCN2C)CCO3)s1. The van der Waals surface area contributed by atoms with Gasteiger partial charge in [0.25, 0.3) is 0 Å². The average Bonchev–Trinajstić information content (AvgIpc) is 3.16. The van der Waals surface area contributed by atoms with Crippen molar-refractivity contribution in [3.05, 3.63) is 34.7 Å². The number of ether oxygens (including phenoxy) is 1. The Kier molecular flexibility index (Phi) is 5.20. The maximum absolute atomic E-state index is 10.5. The van der Waals surface area contributed by atoms with Gasteiger partial charge in [-0.2, -0.15) is 0 Å². The molecule has 0 radical (unpaired) electrons. The Balaban J connectivity index is 1.52. The molecule has 0 aliphatic carbocycles. The van der Waals surface area contributed by atoms with Crippen LogP contribution in [0.15, 0.2) is 24.3 Å². The summed E-state index contributed by atoms with van der Waals surface area (Å²) in [6.07, 6.45) is 3.85. The van der Waals surface area contributed by atoms with Gasteiger partial charge >= 0.3 is 0 Å². The van der Waals surface area contributed by atoms with Crippen LogP contribution in [0.5, 0.6) is 11.5 Å². The Hall–Kier alpha value is -1.56. The van der Waals surface area contributed by atoms with Gasteiger partial charge in [-0.05, 0) is 69.6 Å². The number of rotatable bonds is 4. The lowest BCUT2D eigenvalue weighted by Gasteiger charge is -2.24. The first-order valence-electron chi connectivity index (χ1n) is 9.58. The normalized spacial score (nSPS) is 21.4. The average molecular weight is 373 g/mol. The van der Waals surface area contributed by atoms with E-state index in [2.05, 4.69) is 42.0 Å². The first-order chi connectivity index (χ1) is 12.6. The van der Waals surface area contributed by atoms with Crippen molar-refractivity contribution < 1.29 is 9.84 Å². The van der Waals surface area contributed by atoms with Crippen LogP contribution >= 0.6 is 11.3 Å². The lowest BCUT2D eigenvalue weighted by Crippen LogP contribution is -2.32. The van der Waals surface area contributed by atoms with E-state index in [9.17, 15) is 5.11 Å². The molecule has 0 amide bonds. The smallest absolute Gasteiger partial charge is 0.165 e. The number of likely N-dealkylation sites (tertiary alicyclic amines) is 1. The highest BCUT2D eigenvalue weighted by molar-refractivity contribution is 7.15. The van der Waals surface area contributed by atoms with Gasteiger partial charge in [-0.15, -0.1) is 11.3 Å². The minimum Gasteiger partial charge on any atom is -0.504 e. The second-order valence-corrected chi connectivity index (χ2v) is 8.87. The van der Waals surface area contributed by atoms with Gasteiger partial charge in [0.1, 0.15) is 6.61 Å². The van der Waals surface area contributed by atoms with E-state index in [1.54, 1.807) is 11.3 Å². The van der Waals surface area contributed by atoms with E-state index in [4.69, 9.17) is 4.74 Å². The van der Waals surface area contributed by atoms with Crippen LogP contribution < -0.4 is 4.74 Å². The topological polar surface area (TPSA) is 35.9 Å². The van der Waals surface area contributed by atoms with Crippen molar-refractivity contribution in [3.8, 4) is 21.9 Å². The Morgan fingerprint density at radius 1 is 1.27 bits per heavy atom. The molecular formula is C21H28N2O2S. The summed E-state index contributed by atoms with van der Waals surface area (Å²) >= 11 is 1.76. The molecule has 1 atom stereocenters. The monoisotopic (exact) mass is 372 g/mol. The molecule has 4 nitrogen and oxygen atoms in total. The predicted molar refractivity (Wildman–Crippen MR) is 107 cm³/mol. The van der Waals surface area contributed by atoms with E-state index in [1.807, 2.05) is 6.07 Å². The molecule has 140 valence electrons. The third-order valence-electron chi connectivity index (χ3n) is 5.67. The molecule has 0 spiro atoms. The molecule has 2 aliphatic rings. The van der Waals surface area contributed by atoms with Crippen LogP contribution in [0.25, 0.3) is 10.4 Å². The van der Waals surface area contributed by atoms with Crippen molar-refractivity contribution in [2.45, 2.75) is 38.8 Å². The van der Waals surface area contributed by atoms with Crippen LogP contribution in [-0.2, 0) is 6.54 Å². The standard InChI is InChI=1S/C21H28N2O2S/c1-15-5-6-20(26-15)16-12-17-14-23(9-7-18-4-3-8-22(18)2)10-11-25-21(17)19(24)13-16/h5-6,12-13,18,24H,3-4,7-11,14H2,1-2H3.